The topological polar surface area (TPSA) is 87.7 Å². The SMILES string of the molecule is CCC(c1ccc(OC)cc1)C(NCC(=O)N/N=C/c1c[nH]c2ccccc12)c1ccc(OC)cc1. The lowest BCUT2D eigenvalue weighted by Gasteiger charge is -2.28. The predicted octanol–water partition coefficient (Wildman–Crippen LogP) is 5.16. The summed E-state index contributed by atoms with van der Waals surface area (Å²) in [6, 6.07) is 23.9. The van der Waals surface area contributed by atoms with Crippen molar-refractivity contribution in [3.05, 3.63) is 95.7 Å². The van der Waals surface area contributed by atoms with E-state index >= 15 is 0 Å². The number of hydrogen-bond donors (Lipinski definition) is 3. The second kappa shape index (κ2) is 12.0. The van der Waals surface area contributed by atoms with Gasteiger partial charge in [-0.3, -0.25) is 4.79 Å². The Morgan fingerprint density at radius 2 is 1.58 bits per heavy atom. The maximum Gasteiger partial charge on any atom is 0.254 e. The van der Waals surface area contributed by atoms with Gasteiger partial charge in [-0.05, 0) is 47.9 Å². The molecule has 0 aliphatic carbocycles. The van der Waals surface area contributed by atoms with Gasteiger partial charge >= 0.3 is 0 Å². The van der Waals surface area contributed by atoms with Crippen molar-refractivity contribution in [2.24, 2.45) is 5.10 Å². The number of para-hydroxylation sites is 1. The Kier molecular flexibility index (Phi) is 8.36. The van der Waals surface area contributed by atoms with E-state index in [1.54, 1.807) is 20.4 Å². The van der Waals surface area contributed by atoms with E-state index in [-0.39, 0.29) is 24.4 Å². The molecule has 1 amide bonds. The molecule has 186 valence electrons. The fourth-order valence-electron chi connectivity index (χ4n) is 4.44. The van der Waals surface area contributed by atoms with Crippen molar-refractivity contribution in [2.45, 2.75) is 25.3 Å². The second-order valence-electron chi connectivity index (χ2n) is 8.50. The molecule has 0 fully saturated rings. The van der Waals surface area contributed by atoms with Gasteiger partial charge in [0.25, 0.3) is 5.91 Å². The number of nitrogens with one attached hydrogen (secondary N) is 3. The maximum atomic E-state index is 12.7. The van der Waals surface area contributed by atoms with Crippen molar-refractivity contribution in [2.75, 3.05) is 20.8 Å². The van der Waals surface area contributed by atoms with Gasteiger partial charge in [0.1, 0.15) is 11.5 Å². The Balaban J connectivity index is 1.47. The minimum atomic E-state index is -0.214. The van der Waals surface area contributed by atoms with Crippen LogP contribution < -0.4 is 20.2 Å². The van der Waals surface area contributed by atoms with Crippen LogP contribution in [0.25, 0.3) is 10.9 Å². The number of benzene rings is 3. The van der Waals surface area contributed by atoms with Crippen LogP contribution in [-0.4, -0.2) is 37.9 Å². The summed E-state index contributed by atoms with van der Waals surface area (Å²) in [5.41, 5.74) is 6.83. The van der Waals surface area contributed by atoms with E-state index in [2.05, 4.69) is 39.9 Å². The van der Waals surface area contributed by atoms with Crippen LogP contribution >= 0.6 is 0 Å². The van der Waals surface area contributed by atoms with E-state index in [4.69, 9.17) is 9.47 Å². The number of carbonyl (C=O) groups is 1. The number of ether oxygens (including phenoxy) is 2. The molecule has 0 saturated carbocycles. The number of methoxy groups -OCH3 is 2. The standard InChI is InChI=1S/C29H32N4O3/c1-4-25(20-9-13-23(35-2)14-10-20)29(21-11-15-24(36-3)16-12-21)31-19-28(34)33-32-18-22-17-30-27-8-6-5-7-26(22)27/h5-18,25,29-31H,4,19H2,1-3H3,(H,33,34)/b32-18+. The average Bonchev–Trinajstić information content (AvgIpc) is 3.34. The molecular weight excluding hydrogens is 452 g/mol. The number of fused-ring (bicyclic) bond motifs is 1. The number of hydrazone groups is 1. The van der Waals surface area contributed by atoms with Crippen LogP contribution in [0.5, 0.6) is 11.5 Å². The van der Waals surface area contributed by atoms with Crippen LogP contribution in [0, 0.1) is 0 Å². The molecule has 0 radical (unpaired) electrons. The first kappa shape index (κ1) is 25.0. The number of amides is 1. The summed E-state index contributed by atoms with van der Waals surface area (Å²) in [6.45, 7) is 2.27. The van der Waals surface area contributed by atoms with Gasteiger partial charge in [-0.2, -0.15) is 5.10 Å². The first-order valence-electron chi connectivity index (χ1n) is 12.0. The van der Waals surface area contributed by atoms with E-state index in [0.717, 1.165) is 39.9 Å². The molecule has 1 heterocycles. The molecule has 0 aliphatic rings. The number of H-pyrrole nitrogens is 1. The van der Waals surface area contributed by atoms with Crippen LogP contribution in [0.15, 0.2) is 84.1 Å². The Bertz CT molecular complexity index is 1300. The highest BCUT2D eigenvalue weighted by Crippen LogP contribution is 2.35. The van der Waals surface area contributed by atoms with Crippen molar-refractivity contribution in [1.82, 2.24) is 15.7 Å². The van der Waals surface area contributed by atoms with Crippen LogP contribution in [0.1, 0.15) is 42.0 Å². The van der Waals surface area contributed by atoms with Crippen molar-refractivity contribution in [1.29, 1.82) is 0 Å². The summed E-state index contributed by atoms with van der Waals surface area (Å²) in [7, 11) is 3.31. The average molecular weight is 485 g/mol. The van der Waals surface area contributed by atoms with Gasteiger partial charge in [-0.25, -0.2) is 5.43 Å². The van der Waals surface area contributed by atoms with Crippen molar-refractivity contribution in [3.8, 4) is 11.5 Å². The van der Waals surface area contributed by atoms with Gasteiger partial charge in [0.05, 0.1) is 27.0 Å². The molecule has 4 rings (SSSR count). The minimum absolute atomic E-state index is 0.0855. The molecule has 3 N–H and O–H groups in total. The summed E-state index contributed by atoms with van der Waals surface area (Å²) in [4.78, 5) is 15.9. The molecular formula is C29H32N4O3. The van der Waals surface area contributed by atoms with E-state index in [1.807, 2.05) is 66.9 Å². The molecule has 2 atom stereocenters. The fourth-order valence-corrected chi connectivity index (χ4v) is 4.44. The lowest BCUT2D eigenvalue weighted by atomic mass is 9.85. The first-order valence-corrected chi connectivity index (χ1v) is 12.0. The highest BCUT2D eigenvalue weighted by molar-refractivity contribution is 5.99. The van der Waals surface area contributed by atoms with Crippen LogP contribution in [0.4, 0.5) is 0 Å². The first-order chi connectivity index (χ1) is 17.6. The maximum absolute atomic E-state index is 12.7. The van der Waals surface area contributed by atoms with E-state index in [0.29, 0.717) is 0 Å². The number of aromatic nitrogens is 1. The van der Waals surface area contributed by atoms with Crippen LogP contribution in [0.2, 0.25) is 0 Å². The molecule has 1 aromatic heterocycles. The number of hydrogen-bond acceptors (Lipinski definition) is 5. The number of rotatable bonds is 11. The van der Waals surface area contributed by atoms with Crippen molar-refractivity contribution in [3.63, 3.8) is 0 Å². The summed E-state index contributed by atoms with van der Waals surface area (Å²) in [5.74, 6) is 1.54. The Morgan fingerprint density at radius 1 is 0.944 bits per heavy atom. The number of carbonyl (C=O) groups excluding carboxylic acids is 1. The molecule has 7 nitrogen and oxygen atoms in total. The zero-order valence-corrected chi connectivity index (χ0v) is 20.8. The Hall–Kier alpha value is -4.10. The molecule has 0 saturated heterocycles. The zero-order valence-electron chi connectivity index (χ0n) is 20.8. The highest BCUT2D eigenvalue weighted by atomic mass is 16.5. The third kappa shape index (κ3) is 5.93. The van der Waals surface area contributed by atoms with E-state index in [9.17, 15) is 4.79 Å². The second-order valence-corrected chi connectivity index (χ2v) is 8.50. The molecule has 2 unspecified atom stereocenters. The lowest BCUT2D eigenvalue weighted by molar-refractivity contribution is -0.120. The molecule has 36 heavy (non-hydrogen) atoms. The smallest absolute Gasteiger partial charge is 0.254 e. The third-order valence-corrected chi connectivity index (χ3v) is 6.36. The molecule has 3 aromatic carbocycles. The van der Waals surface area contributed by atoms with Gasteiger partial charge < -0.3 is 19.8 Å². The minimum Gasteiger partial charge on any atom is -0.497 e. The molecule has 0 spiro atoms. The summed E-state index contributed by atoms with van der Waals surface area (Å²) < 4.78 is 10.7. The third-order valence-electron chi connectivity index (χ3n) is 6.36. The predicted molar refractivity (Wildman–Crippen MR) is 144 cm³/mol. The Labute approximate surface area is 211 Å². The fraction of sp³-hybridized carbons (Fsp3) is 0.241. The van der Waals surface area contributed by atoms with Gasteiger partial charge in [0.2, 0.25) is 0 Å². The highest BCUT2D eigenvalue weighted by Gasteiger charge is 2.24. The largest absolute Gasteiger partial charge is 0.497 e. The molecule has 0 aliphatic heterocycles. The van der Waals surface area contributed by atoms with Gasteiger partial charge in [-0.15, -0.1) is 0 Å². The molecule has 0 bridgehead atoms. The zero-order chi connectivity index (χ0) is 25.3. The number of aromatic amines is 1. The summed E-state index contributed by atoms with van der Waals surface area (Å²) >= 11 is 0. The molecule has 7 heteroatoms. The Morgan fingerprint density at radius 3 is 2.22 bits per heavy atom. The van der Waals surface area contributed by atoms with Crippen LogP contribution in [0.3, 0.4) is 0 Å². The van der Waals surface area contributed by atoms with E-state index < -0.39 is 0 Å². The lowest BCUT2D eigenvalue weighted by Crippen LogP contribution is -2.36. The van der Waals surface area contributed by atoms with Crippen molar-refractivity contribution < 1.29 is 14.3 Å². The monoisotopic (exact) mass is 484 g/mol. The van der Waals surface area contributed by atoms with Gasteiger partial charge in [0, 0.05) is 34.6 Å². The normalized spacial score (nSPS) is 13.0. The van der Waals surface area contributed by atoms with Gasteiger partial charge in [0.15, 0.2) is 0 Å². The van der Waals surface area contributed by atoms with Crippen LogP contribution in [-0.2, 0) is 4.79 Å². The van der Waals surface area contributed by atoms with Crippen molar-refractivity contribution >= 4 is 23.0 Å². The quantitative estimate of drug-likeness (QED) is 0.203. The van der Waals surface area contributed by atoms with E-state index in [1.165, 1.54) is 5.56 Å². The summed E-state index contributed by atoms with van der Waals surface area (Å²) in [5, 5.41) is 8.68. The number of nitrogens with zero attached hydrogens (tertiary/aromatic N) is 1. The van der Waals surface area contributed by atoms with Gasteiger partial charge in [-0.1, -0.05) is 49.4 Å². The summed E-state index contributed by atoms with van der Waals surface area (Å²) in [6.07, 6.45) is 4.42. The molecule has 4 aromatic rings.